The van der Waals surface area contributed by atoms with E-state index in [1.165, 1.54) is 38.5 Å². The Kier molecular flexibility index (Phi) is 1.89. The summed E-state index contributed by atoms with van der Waals surface area (Å²) in [6.45, 7) is 7.42. The van der Waals surface area contributed by atoms with Crippen LogP contribution in [0, 0.1) is 35.0 Å². The predicted molar refractivity (Wildman–Crippen MR) is 78.7 cm³/mol. The first-order chi connectivity index (χ1) is 9.05. The van der Waals surface area contributed by atoms with Crippen LogP contribution in [0.25, 0.3) is 0 Å². The largest absolute Gasteiger partial charge is 0.0561 e. The molecule has 5 atom stereocenters. The second-order valence-electron chi connectivity index (χ2n) is 8.90. The van der Waals surface area contributed by atoms with Gasteiger partial charge in [0.05, 0.1) is 0 Å². The van der Waals surface area contributed by atoms with Crippen LogP contribution in [-0.2, 0) is 0 Å². The lowest BCUT2D eigenvalue weighted by Gasteiger charge is -2.30. The summed E-state index contributed by atoms with van der Waals surface area (Å²) in [6.07, 6.45) is 9.11. The molecular weight excluding hydrogens is 228 g/mol. The van der Waals surface area contributed by atoms with Gasteiger partial charge in [-0.05, 0) is 78.8 Å². The molecule has 19 heavy (non-hydrogen) atoms. The normalized spacial score (nSPS) is 46.6. The van der Waals surface area contributed by atoms with Crippen LogP contribution < -0.4 is 0 Å². The molecule has 0 N–H and O–H groups in total. The van der Waals surface area contributed by atoms with E-state index in [2.05, 4.69) is 20.8 Å². The number of fused-ring (bicyclic) bond motifs is 10. The second-order valence-corrected chi connectivity index (χ2v) is 8.90. The van der Waals surface area contributed by atoms with Crippen LogP contribution in [0.5, 0.6) is 0 Å². The van der Waals surface area contributed by atoms with Crippen LogP contribution in [0.15, 0.2) is 22.3 Å². The summed E-state index contributed by atoms with van der Waals surface area (Å²) in [5.41, 5.74) is 8.13. The molecule has 5 rings (SSSR count). The van der Waals surface area contributed by atoms with Gasteiger partial charge in [-0.25, -0.2) is 0 Å². The number of hydrogen-bond donors (Lipinski definition) is 0. The highest BCUT2D eigenvalue weighted by Gasteiger charge is 2.57. The van der Waals surface area contributed by atoms with Gasteiger partial charge in [-0.2, -0.15) is 0 Å². The molecule has 0 aromatic heterocycles. The molecule has 0 amide bonds. The van der Waals surface area contributed by atoms with Crippen LogP contribution in [0.4, 0.5) is 0 Å². The van der Waals surface area contributed by atoms with Gasteiger partial charge in [-0.15, -0.1) is 0 Å². The van der Waals surface area contributed by atoms with E-state index in [9.17, 15) is 0 Å². The van der Waals surface area contributed by atoms with Crippen LogP contribution in [-0.4, -0.2) is 0 Å². The van der Waals surface area contributed by atoms with Crippen molar-refractivity contribution in [1.82, 2.24) is 0 Å². The van der Waals surface area contributed by atoms with Gasteiger partial charge in [0.2, 0.25) is 0 Å². The lowest BCUT2D eigenvalue weighted by molar-refractivity contribution is 0.416. The highest BCUT2D eigenvalue weighted by Crippen LogP contribution is 2.69. The predicted octanol–water partition coefficient (Wildman–Crippen LogP) is 5.12. The van der Waals surface area contributed by atoms with Gasteiger partial charge in [0.15, 0.2) is 0 Å². The highest BCUT2D eigenvalue weighted by molar-refractivity contribution is 5.60. The molecule has 0 saturated heterocycles. The van der Waals surface area contributed by atoms with Crippen molar-refractivity contribution >= 4 is 0 Å². The molecule has 5 aliphatic rings. The Hall–Kier alpha value is -0.520. The van der Waals surface area contributed by atoms with Gasteiger partial charge in [-0.3, -0.25) is 0 Å². The third-order valence-corrected chi connectivity index (χ3v) is 6.95. The summed E-state index contributed by atoms with van der Waals surface area (Å²) in [5, 5.41) is 0. The Labute approximate surface area is 117 Å². The summed E-state index contributed by atoms with van der Waals surface area (Å²) in [5.74, 6) is 4.93. The van der Waals surface area contributed by atoms with E-state index in [0.717, 1.165) is 29.6 Å². The van der Waals surface area contributed by atoms with Gasteiger partial charge in [-0.1, -0.05) is 31.9 Å². The number of rotatable bonds is 0. The molecule has 4 bridgehead atoms. The van der Waals surface area contributed by atoms with Gasteiger partial charge in [0, 0.05) is 5.92 Å². The van der Waals surface area contributed by atoms with Crippen LogP contribution in [0.1, 0.15) is 59.3 Å². The quantitative estimate of drug-likeness (QED) is 0.563. The van der Waals surface area contributed by atoms with Gasteiger partial charge < -0.3 is 0 Å². The van der Waals surface area contributed by atoms with E-state index in [-0.39, 0.29) is 0 Å². The lowest BCUT2D eigenvalue weighted by Crippen LogP contribution is -2.19. The molecule has 0 heteroatoms. The van der Waals surface area contributed by atoms with E-state index in [0.29, 0.717) is 5.41 Å². The van der Waals surface area contributed by atoms with E-state index in [1.54, 1.807) is 0 Å². The van der Waals surface area contributed by atoms with Crippen molar-refractivity contribution in [2.24, 2.45) is 35.0 Å². The molecule has 3 fully saturated rings. The summed E-state index contributed by atoms with van der Waals surface area (Å²) < 4.78 is 0. The van der Waals surface area contributed by atoms with E-state index < -0.39 is 0 Å². The molecule has 3 saturated carbocycles. The minimum Gasteiger partial charge on any atom is -0.0561 e. The maximum Gasteiger partial charge on any atom is 0.00532 e. The Morgan fingerprint density at radius 2 is 1.47 bits per heavy atom. The van der Waals surface area contributed by atoms with Gasteiger partial charge in [0.25, 0.3) is 0 Å². The van der Waals surface area contributed by atoms with E-state index in [4.69, 9.17) is 0 Å². The molecule has 0 aromatic carbocycles. The second kappa shape index (κ2) is 3.21. The van der Waals surface area contributed by atoms with E-state index in [1.807, 2.05) is 22.3 Å². The molecule has 0 nitrogen and oxygen atoms in total. The van der Waals surface area contributed by atoms with Crippen molar-refractivity contribution in [3.63, 3.8) is 0 Å². The summed E-state index contributed by atoms with van der Waals surface area (Å²) in [6, 6.07) is 0. The van der Waals surface area contributed by atoms with Crippen molar-refractivity contribution in [3.05, 3.63) is 22.3 Å². The van der Waals surface area contributed by atoms with Crippen molar-refractivity contribution < 1.29 is 0 Å². The van der Waals surface area contributed by atoms with Crippen molar-refractivity contribution in [3.8, 4) is 0 Å². The van der Waals surface area contributed by atoms with Crippen LogP contribution in [0.2, 0.25) is 0 Å². The van der Waals surface area contributed by atoms with Gasteiger partial charge in [0.1, 0.15) is 0 Å². The zero-order chi connectivity index (χ0) is 12.9. The molecule has 0 aromatic rings. The average Bonchev–Trinajstić information content (AvgIpc) is 3.11. The monoisotopic (exact) mass is 254 g/mol. The third kappa shape index (κ3) is 1.18. The minimum atomic E-state index is 0.389. The molecular formula is C19H26. The molecule has 0 heterocycles. The van der Waals surface area contributed by atoms with Crippen LogP contribution >= 0.6 is 0 Å². The SMILES string of the molecule is CC(C)(C)C1=C2C3CCC(C3)C2C2=C1C1CCC2C1. The topological polar surface area (TPSA) is 0 Å². The lowest BCUT2D eigenvalue weighted by atomic mass is 9.74. The maximum absolute atomic E-state index is 2.47. The zero-order valence-corrected chi connectivity index (χ0v) is 12.6. The Balaban J connectivity index is 1.75. The highest BCUT2D eigenvalue weighted by atomic mass is 14.6. The molecule has 5 aliphatic carbocycles. The minimum absolute atomic E-state index is 0.389. The molecule has 102 valence electrons. The van der Waals surface area contributed by atoms with Crippen LogP contribution in [0.3, 0.4) is 0 Å². The number of hydrogen-bond acceptors (Lipinski definition) is 0. The Morgan fingerprint density at radius 1 is 0.789 bits per heavy atom. The van der Waals surface area contributed by atoms with Crippen molar-refractivity contribution in [1.29, 1.82) is 0 Å². The first-order valence-corrected chi connectivity index (χ1v) is 8.54. The maximum atomic E-state index is 2.47. The first-order valence-electron chi connectivity index (χ1n) is 8.54. The number of allylic oxidation sites excluding steroid dienone is 4. The zero-order valence-electron chi connectivity index (χ0n) is 12.6. The molecule has 0 radical (unpaired) electrons. The Bertz CT molecular complexity index is 525. The van der Waals surface area contributed by atoms with Crippen molar-refractivity contribution in [2.75, 3.05) is 0 Å². The van der Waals surface area contributed by atoms with E-state index >= 15 is 0 Å². The van der Waals surface area contributed by atoms with Gasteiger partial charge >= 0.3 is 0 Å². The molecule has 0 spiro atoms. The molecule has 5 unspecified atom stereocenters. The fourth-order valence-corrected chi connectivity index (χ4v) is 6.63. The fraction of sp³-hybridized carbons (Fsp3) is 0.789. The summed E-state index contributed by atoms with van der Waals surface area (Å²) >= 11 is 0. The first kappa shape index (κ1) is 11.2. The Morgan fingerprint density at radius 3 is 2.26 bits per heavy atom. The fourth-order valence-electron chi connectivity index (χ4n) is 6.63. The summed E-state index contributed by atoms with van der Waals surface area (Å²) in [4.78, 5) is 0. The average molecular weight is 254 g/mol. The third-order valence-electron chi connectivity index (χ3n) is 6.95. The standard InChI is InChI=1S/C19H26/c1-19(2,3)18-16-12-6-4-10(8-12)14(16)15-11-5-7-13(9-11)17(15)18/h10-14H,4-9H2,1-3H3. The molecule has 0 aliphatic heterocycles. The smallest absolute Gasteiger partial charge is 0.00532 e. The summed E-state index contributed by atoms with van der Waals surface area (Å²) in [7, 11) is 0. The van der Waals surface area contributed by atoms with Crippen molar-refractivity contribution in [2.45, 2.75) is 59.3 Å².